The van der Waals surface area contributed by atoms with Crippen molar-refractivity contribution in [3.8, 4) is 5.75 Å². The highest BCUT2D eigenvalue weighted by atomic mass is 79.9. The number of rotatable bonds is 7. The number of nitrogens with one attached hydrogen (secondary N) is 2. The Balaban J connectivity index is 1.38. The zero-order valence-corrected chi connectivity index (χ0v) is 21.4. The summed E-state index contributed by atoms with van der Waals surface area (Å²) >= 11 is 3.45. The molecular formula is C27H33BrN3O3+. The number of ether oxygens (including phenoxy) is 1. The Labute approximate surface area is 210 Å². The summed E-state index contributed by atoms with van der Waals surface area (Å²) in [5.41, 5.74) is 1.44. The first kappa shape index (κ1) is 24.5. The SMILES string of the molecule is CC1CC(C)C[NH+](CCCNC(=O)CN2C(=O)C(=Cc3cccc(Br)c3)Oc3ccccc32)C1. The maximum Gasteiger partial charge on any atom is 0.294 e. The lowest BCUT2D eigenvalue weighted by molar-refractivity contribution is -0.912. The quantitative estimate of drug-likeness (QED) is 0.429. The highest BCUT2D eigenvalue weighted by molar-refractivity contribution is 9.10. The van der Waals surface area contributed by atoms with E-state index in [4.69, 9.17) is 4.74 Å². The van der Waals surface area contributed by atoms with E-state index in [0.717, 1.165) is 34.8 Å². The normalized spacial score (nSPS) is 23.4. The van der Waals surface area contributed by atoms with E-state index in [1.54, 1.807) is 17.0 Å². The molecule has 0 aromatic heterocycles. The van der Waals surface area contributed by atoms with E-state index < -0.39 is 0 Å². The highest BCUT2D eigenvalue weighted by Gasteiger charge is 2.31. The van der Waals surface area contributed by atoms with Crippen LogP contribution in [0.1, 0.15) is 32.3 Å². The fourth-order valence-electron chi connectivity index (χ4n) is 5.06. The first-order valence-corrected chi connectivity index (χ1v) is 12.8. The van der Waals surface area contributed by atoms with Crippen LogP contribution in [0.4, 0.5) is 5.69 Å². The summed E-state index contributed by atoms with van der Waals surface area (Å²) in [5.74, 6) is 1.80. The second-order valence-corrected chi connectivity index (χ2v) is 10.5. The molecular weight excluding hydrogens is 494 g/mol. The molecule has 34 heavy (non-hydrogen) atoms. The van der Waals surface area contributed by atoms with Gasteiger partial charge in [0.1, 0.15) is 6.54 Å². The van der Waals surface area contributed by atoms with Crippen LogP contribution in [0, 0.1) is 11.8 Å². The standard InChI is InChI=1S/C27H32BrN3O3/c1-19-13-20(2)17-30(16-19)12-6-11-29-26(32)18-31-23-9-3-4-10-24(23)34-25(27(31)33)15-21-7-5-8-22(28)14-21/h3-5,7-10,14-15,19-20H,6,11-13,16-18H2,1-2H3,(H,29,32)/p+1. The predicted molar refractivity (Wildman–Crippen MR) is 138 cm³/mol. The Morgan fingerprint density at radius 1 is 1.18 bits per heavy atom. The molecule has 7 heteroatoms. The smallest absolute Gasteiger partial charge is 0.294 e. The number of nitrogens with zero attached hydrogens (tertiary/aromatic N) is 1. The van der Waals surface area contributed by atoms with E-state index in [1.165, 1.54) is 24.4 Å². The van der Waals surface area contributed by atoms with E-state index in [-0.39, 0.29) is 24.1 Å². The number of hydrogen-bond acceptors (Lipinski definition) is 3. The molecule has 2 aromatic rings. The van der Waals surface area contributed by atoms with Crippen molar-refractivity contribution in [2.45, 2.75) is 26.7 Å². The molecule has 2 aromatic carbocycles. The van der Waals surface area contributed by atoms with Gasteiger partial charge in [-0.1, -0.05) is 54.0 Å². The van der Waals surface area contributed by atoms with Gasteiger partial charge in [-0.3, -0.25) is 14.5 Å². The molecule has 0 saturated carbocycles. The van der Waals surface area contributed by atoms with Crippen molar-refractivity contribution in [3.63, 3.8) is 0 Å². The zero-order chi connectivity index (χ0) is 24.1. The molecule has 2 N–H and O–H groups in total. The van der Waals surface area contributed by atoms with Crippen molar-refractivity contribution in [2.24, 2.45) is 11.8 Å². The number of quaternary nitrogens is 1. The van der Waals surface area contributed by atoms with Gasteiger partial charge in [0.05, 0.1) is 25.3 Å². The molecule has 0 radical (unpaired) electrons. The molecule has 2 aliphatic heterocycles. The summed E-state index contributed by atoms with van der Waals surface area (Å²) in [4.78, 5) is 29.1. The van der Waals surface area contributed by atoms with Gasteiger partial charge >= 0.3 is 0 Å². The van der Waals surface area contributed by atoms with Gasteiger partial charge in [0, 0.05) is 29.3 Å². The van der Waals surface area contributed by atoms with Crippen LogP contribution in [0.25, 0.3) is 6.08 Å². The van der Waals surface area contributed by atoms with E-state index in [9.17, 15) is 9.59 Å². The van der Waals surface area contributed by atoms with Crippen molar-refractivity contribution < 1.29 is 19.2 Å². The van der Waals surface area contributed by atoms with Gasteiger partial charge in [0.15, 0.2) is 11.5 Å². The lowest BCUT2D eigenvalue weighted by Crippen LogP contribution is -3.14. The van der Waals surface area contributed by atoms with Crippen molar-refractivity contribution in [2.75, 3.05) is 37.6 Å². The molecule has 6 nitrogen and oxygen atoms in total. The molecule has 2 atom stereocenters. The molecule has 4 rings (SSSR count). The molecule has 2 heterocycles. The number of fused-ring (bicyclic) bond motifs is 1. The van der Waals surface area contributed by atoms with Crippen LogP contribution >= 0.6 is 15.9 Å². The number of carbonyl (C=O) groups is 2. The third kappa shape index (κ3) is 6.27. The van der Waals surface area contributed by atoms with Gasteiger partial charge in [0.25, 0.3) is 5.91 Å². The fourth-order valence-corrected chi connectivity index (χ4v) is 5.48. The minimum absolute atomic E-state index is 0.0420. The summed E-state index contributed by atoms with van der Waals surface area (Å²) in [6, 6.07) is 14.9. The van der Waals surface area contributed by atoms with Gasteiger partial charge in [-0.05, 0) is 42.3 Å². The van der Waals surface area contributed by atoms with E-state index in [2.05, 4.69) is 35.1 Å². The minimum Gasteiger partial charge on any atom is -0.449 e. The van der Waals surface area contributed by atoms with Crippen LogP contribution in [0.2, 0.25) is 0 Å². The molecule has 1 saturated heterocycles. The molecule has 180 valence electrons. The molecule has 2 unspecified atom stereocenters. The average molecular weight is 527 g/mol. The van der Waals surface area contributed by atoms with Crippen LogP contribution in [0.3, 0.4) is 0 Å². The number of piperidine rings is 1. The van der Waals surface area contributed by atoms with Crippen molar-refractivity contribution in [1.29, 1.82) is 0 Å². The number of halogens is 1. The maximum absolute atomic E-state index is 13.2. The average Bonchev–Trinajstić information content (AvgIpc) is 2.79. The van der Waals surface area contributed by atoms with Gasteiger partial charge in [-0.15, -0.1) is 0 Å². The maximum atomic E-state index is 13.2. The van der Waals surface area contributed by atoms with Crippen LogP contribution in [0.15, 0.2) is 58.8 Å². The van der Waals surface area contributed by atoms with Gasteiger partial charge in [0.2, 0.25) is 5.91 Å². The van der Waals surface area contributed by atoms with Crippen molar-refractivity contribution in [1.82, 2.24) is 5.32 Å². The van der Waals surface area contributed by atoms with Gasteiger partial charge < -0.3 is 15.0 Å². The number of likely N-dealkylation sites (tertiary alicyclic amines) is 1. The predicted octanol–water partition coefficient (Wildman–Crippen LogP) is 3.28. The minimum atomic E-state index is -0.324. The van der Waals surface area contributed by atoms with Crippen LogP contribution < -0.4 is 19.9 Å². The number of benzene rings is 2. The number of para-hydroxylation sites is 2. The molecule has 0 spiro atoms. The first-order valence-electron chi connectivity index (χ1n) is 12.1. The van der Waals surface area contributed by atoms with Crippen LogP contribution in [0.5, 0.6) is 5.75 Å². The topological polar surface area (TPSA) is 63.1 Å². The third-order valence-electron chi connectivity index (χ3n) is 6.39. The van der Waals surface area contributed by atoms with Gasteiger partial charge in [-0.2, -0.15) is 0 Å². The highest BCUT2D eigenvalue weighted by Crippen LogP contribution is 2.35. The largest absolute Gasteiger partial charge is 0.449 e. The van der Waals surface area contributed by atoms with Crippen molar-refractivity contribution in [3.05, 3.63) is 64.3 Å². The van der Waals surface area contributed by atoms with Gasteiger partial charge in [-0.25, -0.2) is 0 Å². The van der Waals surface area contributed by atoms with Crippen LogP contribution in [-0.2, 0) is 9.59 Å². The summed E-state index contributed by atoms with van der Waals surface area (Å²) in [6.45, 7) is 8.72. The van der Waals surface area contributed by atoms with E-state index in [1.807, 2.05) is 42.5 Å². The monoisotopic (exact) mass is 526 g/mol. The lowest BCUT2D eigenvalue weighted by Gasteiger charge is -2.32. The summed E-state index contributed by atoms with van der Waals surface area (Å²) in [5, 5.41) is 3.00. The Morgan fingerprint density at radius 3 is 2.71 bits per heavy atom. The second-order valence-electron chi connectivity index (χ2n) is 9.58. The molecule has 2 amide bonds. The van der Waals surface area contributed by atoms with Crippen LogP contribution in [-0.4, -0.2) is 44.5 Å². The molecule has 1 fully saturated rings. The van der Waals surface area contributed by atoms with E-state index in [0.29, 0.717) is 18.0 Å². The number of anilines is 1. The summed E-state index contributed by atoms with van der Waals surface area (Å²) < 4.78 is 6.82. The van der Waals surface area contributed by atoms with E-state index >= 15 is 0 Å². The second kappa shape index (κ2) is 11.2. The molecule has 0 aliphatic carbocycles. The third-order valence-corrected chi connectivity index (χ3v) is 6.88. The molecule has 0 bridgehead atoms. The number of hydrogen-bond donors (Lipinski definition) is 2. The lowest BCUT2D eigenvalue weighted by atomic mass is 9.92. The Bertz CT molecular complexity index is 1060. The molecule has 2 aliphatic rings. The number of amides is 2. The Morgan fingerprint density at radius 2 is 1.94 bits per heavy atom. The Kier molecular flexibility index (Phi) is 8.06. The summed E-state index contributed by atoms with van der Waals surface area (Å²) in [7, 11) is 0. The zero-order valence-electron chi connectivity index (χ0n) is 19.9. The fraction of sp³-hybridized carbons (Fsp3) is 0.407. The number of carbonyl (C=O) groups excluding carboxylic acids is 2. The van der Waals surface area contributed by atoms with Crippen molar-refractivity contribution >= 4 is 39.5 Å². The first-order chi connectivity index (χ1) is 16.4. The Hall–Kier alpha value is -2.64. The summed E-state index contributed by atoms with van der Waals surface area (Å²) in [6.07, 6.45) is 3.95.